The Kier molecular flexibility index (Phi) is 7.19. The van der Waals surface area contributed by atoms with Crippen molar-refractivity contribution in [3.63, 3.8) is 0 Å². The summed E-state index contributed by atoms with van der Waals surface area (Å²) < 4.78 is 119. The maximum Gasteiger partial charge on any atom is 0.417 e. The zero-order chi connectivity index (χ0) is 32.5. The van der Waals surface area contributed by atoms with Gasteiger partial charge in [0.1, 0.15) is 17.5 Å². The second-order valence-corrected chi connectivity index (χ2v) is 11.0. The van der Waals surface area contributed by atoms with E-state index in [0.29, 0.717) is 35.7 Å². The third-order valence-electron chi connectivity index (χ3n) is 7.69. The molecule has 2 fully saturated rings. The van der Waals surface area contributed by atoms with Gasteiger partial charge in [-0.2, -0.15) is 26.3 Å². The molecule has 4 aromatic rings. The molecule has 2 aliphatic heterocycles. The summed E-state index contributed by atoms with van der Waals surface area (Å²) in [5, 5.41) is 0. The van der Waals surface area contributed by atoms with Gasteiger partial charge in [-0.3, -0.25) is 9.78 Å². The van der Waals surface area contributed by atoms with E-state index in [9.17, 15) is 44.7 Å². The normalized spacial score (nSPS) is 22.3. The van der Waals surface area contributed by atoms with E-state index < -0.39 is 77.4 Å². The van der Waals surface area contributed by atoms with Gasteiger partial charge in [-0.05, 0) is 42.0 Å². The number of carbonyl (C=O) groups is 1. The quantitative estimate of drug-likeness (QED) is 0.213. The average Bonchev–Trinajstić information content (AvgIpc) is 3.60. The van der Waals surface area contributed by atoms with Crippen molar-refractivity contribution in [3.05, 3.63) is 93.5 Å². The number of carbonyl (C=O) groups excluding carboxylic acids is 1. The van der Waals surface area contributed by atoms with Gasteiger partial charge in [0.05, 0.1) is 35.3 Å². The van der Waals surface area contributed by atoms with Crippen molar-refractivity contribution in [1.29, 1.82) is 0 Å². The minimum Gasteiger partial charge on any atom is -0.457 e. The van der Waals surface area contributed by atoms with Gasteiger partial charge in [0.2, 0.25) is 5.91 Å². The molecule has 3 heterocycles. The van der Waals surface area contributed by atoms with Crippen LogP contribution in [-0.2, 0) is 17.1 Å². The molecule has 3 unspecified atom stereocenters. The van der Waals surface area contributed by atoms with Crippen molar-refractivity contribution in [1.82, 2.24) is 20.7 Å². The molecule has 0 saturated carbocycles. The maximum absolute atomic E-state index is 14.3. The van der Waals surface area contributed by atoms with E-state index in [1.165, 1.54) is 24.3 Å². The van der Waals surface area contributed by atoms with Gasteiger partial charge in [-0.1, -0.05) is 24.3 Å². The number of rotatable bonds is 6. The van der Waals surface area contributed by atoms with Crippen molar-refractivity contribution in [3.8, 4) is 11.5 Å². The van der Waals surface area contributed by atoms with Crippen LogP contribution in [0.4, 0.5) is 35.1 Å². The number of hydrogen-bond donors (Lipinski definition) is 3. The Labute approximate surface area is 247 Å². The van der Waals surface area contributed by atoms with E-state index in [2.05, 4.69) is 15.8 Å². The van der Waals surface area contributed by atoms with Gasteiger partial charge in [0, 0.05) is 18.4 Å². The number of alkyl halides is 8. The second kappa shape index (κ2) is 10.6. The van der Waals surface area contributed by atoms with Crippen LogP contribution >= 0.6 is 0 Å². The summed E-state index contributed by atoms with van der Waals surface area (Å²) in [5.74, 6) is -6.23. The minimum atomic E-state index is -5.08. The van der Waals surface area contributed by atoms with Crippen LogP contribution in [0.15, 0.2) is 69.9 Å². The molecule has 0 radical (unpaired) electrons. The van der Waals surface area contributed by atoms with E-state index in [1.807, 2.05) is 0 Å². The summed E-state index contributed by atoms with van der Waals surface area (Å²) in [7, 11) is 0. The van der Waals surface area contributed by atoms with Crippen LogP contribution in [-0.4, -0.2) is 34.3 Å². The van der Waals surface area contributed by atoms with Crippen LogP contribution in [0.3, 0.4) is 0 Å². The molecular weight excluding hydrogens is 620 g/mol. The van der Waals surface area contributed by atoms with Gasteiger partial charge in [0.15, 0.2) is 5.58 Å². The highest BCUT2D eigenvalue weighted by Gasteiger charge is 2.57. The third-order valence-corrected chi connectivity index (χ3v) is 7.69. The number of nitrogens with one attached hydrogen (secondary N) is 3. The van der Waals surface area contributed by atoms with Crippen LogP contribution in [0.1, 0.15) is 41.3 Å². The molecule has 1 aromatic heterocycles. The number of nitrogens with zero attached hydrogens (tertiary/aromatic N) is 1. The summed E-state index contributed by atoms with van der Waals surface area (Å²) in [4.78, 5) is 28.9. The Balaban J connectivity index is 1.36. The lowest BCUT2D eigenvalue weighted by molar-refractivity contribution is -0.143. The number of amides is 1. The molecule has 1 amide bonds. The first-order valence-electron chi connectivity index (χ1n) is 13.4. The molecule has 2 aliphatic rings. The lowest BCUT2D eigenvalue weighted by Gasteiger charge is -2.32. The van der Waals surface area contributed by atoms with Crippen LogP contribution < -0.4 is 21.3 Å². The van der Waals surface area contributed by atoms with E-state index >= 15 is 0 Å². The average molecular weight is 643 g/mol. The number of aromatic nitrogens is 1. The third kappa shape index (κ3) is 5.86. The Hall–Kier alpha value is -4.44. The van der Waals surface area contributed by atoms with Crippen molar-refractivity contribution in [2.75, 3.05) is 6.54 Å². The summed E-state index contributed by atoms with van der Waals surface area (Å²) in [6, 6.07) is 8.33. The highest BCUT2D eigenvalue weighted by atomic mass is 19.4. The van der Waals surface area contributed by atoms with Gasteiger partial charge in [-0.25, -0.2) is 24.4 Å². The number of benzene rings is 3. The Morgan fingerprint density at radius 3 is 2.04 bits per heavy atom. The Morgan fingerprint density at radius 1 is 0.822 bits per heavy atom. The fraction of sp³-hybridized carbons (Fsp3) is 0.310. The molecule has 45 heavy (non-hydrogen) atoms. The van der Waals surface area contributed by atoms with E-state index in [1.54, 1.807) is 18.2 Å². The zero-order valence-electron chi connectivity index (χ0n) is 22.9. The zero-order valence-corrected chi connectivity index (χ0v) is 22.9. The first-order valence-corrected chi connectivity index (χ1v) is 13.4. The number of hydrazine groups is 1. The molecule has 16 heteroatoms. The van der Waals surface area contributed by atoms with Crippen LogP contribution in [0.5, 0.6) is 11.5 Å². The lowest BCUT2D eigenvalue weighted by Crippen LogP contribution is -2.44. The highest BCUT2D eigenvalue weighted by Crippen LogP contribution is 2.49. The number of halogens is 8. The fourth-order valence-corrected chi connectivity index (χ4v) is 5.94. The molecule has 0 aliphatic carbocycles. The molecule has 238 valence electrons. The number of likely N-dealkylation sites (tertiary alicyclic amines) is 1. The second-order valence-electron chi connectivity index (χ2n) is 11.0. The summed E-state index contributed by atoms with van der Waals surface area (Å²) >= 11 is 0. The van der Waals surface area contributed by atoms with Crippen LogP contribution in [0.25, 0.3) is 11.1 Å². The number of para-hydroxylation sites is 1. The van der Waals surface area contributed by atoms with Gasteiger partial charge in [0.25, 0.3) is 5.92 Å². The minimum absolute atomic E-state index is 0.0270. The molecule has 8 nitrogen and oxygen atoms in total. The summed E-state index contributed by atoms with van der Waals surface area (Å²) in [5.41, 5.74) is 4.13. The molecule has 0 spiro atoms. The van der Waals surface area contributed by atoms with Crippen molar-refractivity contribution >= 4 is 17.0 Å². The fourth-order valence-electron chi connectivity index (χ4n) is 5.94. The SMILES string of the molecule is CC(F)(F)CN1C(=O)C2NNC(c3cccc4[nH]c(=O)oc34)C2[C@@H]1c1ccc(Oc2cc(C(F)(F)F)cc(C(F)(F)F)c2)cc1. The molecule has 3 N–H and O–H groups in total. The molecule has 3 aromatic carbocycles. The first kappa shape index (κ1) is 30.6. The smallest absolute Gasteiger partial charge is 0.417 e. The largest absolute Gasteiger partial charge is 0.457 e. The number of H-pyrrole nitrogens is 1. The van der Waals surface area contributed by atoms with Crippen molar-refractivity contribution < 1.29 is 49.1 Å². The van der Waals surface area contributed by atoms with E-state index in [-0.39, 0.29) is 17.4 Å². The summed E-state index contributed by atoms with van der Waals surface area (Å²) in [6.07, 6.45) is -10.2. The predicted octanol–water partition coefficient (Wildman–Crippen LogP) is 6.32. The Morgan fingerprint density at radius 2 is 1.44 bits per heavy atom. The molecular formula is C29H22F8N4O4. The number of ether oxygens (including phenoxy) is 1. The topological polar surface area (TPSA) is 99.6 Å². The first-order chi connectivity index (χ1) is 21.0. The molecule has 6 rings (SSSR count). The van der Waals surface area contributed by atoms with Gasteiger partial charge in [-0.15, -0.1) is 0 Å². The monoisotopic (exact) mass is 642 g/mol. The summed E-state index contributed by atoms with van der Waals surface area (Å²) in [6.45, 7) is -0.283. The highest BCUT2D eigenvalue weighted by molar-refractivity contribution is 5.87. The molecule has 4 atom stereocenters. The van der Waals surface area contributed by atoms with Crippen molar-refractivity contribution in [2.45, 2.75) is 43.3 Å². The van der Waals surface area contributed by atoms with Crippen molar-refractivity contribution in [2.24, 2.45) is 5.92 Å². The molecule has 0 bridgehead atoms. The predicted molar refractivity (Wildman–Crippen MR) is 141 cm³/mol. The Bertz CT molecular complexity index is 1780. The number of hydrogen-bond acceptors (Lipinski definition) is 6. The van der Waals surface area contributed by atoms with Crippen LogP contribution in [0, 0.1) is 5.92 Å². The lowest BCUT2D eigenvalue weighted by atomic mass is 9.83. The number of aromatic amines is 1. The maximum atomic E-state index is 14.3. The number of fused-ring (bicyclic) bond motifs is 2. The standard InChI is InChI=1S/C29H22F8N4O4/c1-27(30,31)12-41-23(20-21(39-40-22(20)25(41)42)18-3-2-4-19-24(18)45-26(43)38-19)13-5-7-16(8-6-13)44-17-10-14(28(32,33)34)9-15(11-17)29(35,36)37/h2-11,20-23,39-40H,12H2,1H3,(H,38,43)/t20?,21?,22?,23-/m0/s1. The van der Waals surface area contributed by atoms with Gasteiger partial charge < -0.3 is 14.1 Å². The number of oxazole rings is 1. The van der Waals surface area contributed by atoms with Gasteiger partial charge >= 0.3 is 18.1 Å². The van der Waals surface area contributed by atoms with E-state index in [0.717, 1.165) is 4.90 Å². The van der Waals surface area contributed by atoms with Crippen LogP contribution in [0.2, 0.25) is 0 Å². The van der Waals surface area contributed by atoms with E-state index in [4.69, 9.17) is 9.15 Å². The molecule has 2 saturated heterocycles.